The quantitative estimate of drug-likeness (QED) is 0.905. The molecule has 0 amide bonds. The van der Waals surface area contributed by atoms with Gasteiger partial charge in [0.05, 0.1) is 11.4 Å². The highest BCUT2D eigenvalue weighted by Gasteiger charge is 2.16. The summed E-state index contributed by atoms with van der Waals surface area (Å²) < 4.78 is 2.08. The second-order valence-electron chi connectivity index (χ2n) is 4.88. The maximum absolute atomic E-state index is 4.49. The van der Waals surface area contributed by atoms with Gasteiger partial charge in [-0.15, -0.1) is 5.10 Å². The summed E-state index contributed by atoms with van der Waals surface area (Å²) in [6.07, 6.45) is 6.55. The summed E-state index contributed by atoms with van der Waals surface area (Å²) in [5, 5.41) is 11.8. The minimum Gasteiger partial charge on any atom is -0.311 e. The van der Waals surface area contributed by atoms with Crippen molar-refractivity contribution in [3.8, 4) is 5.82 Å². The van der Waals surface area contributed by atoms with Gasteiger partial charge >= 0.3 is 0 Å². The van der Waals surface area contributed by atoms with Crippen molar-refractivity contribution in [2.24, 2.45) is 0 Å². The highest BCUT2D eigenvalue weighted by Crippen LogP contribution is 2.21. The van der Waals surface area contributed by atoms with E-state index in [2.05, 4.69) is 32.0 Å². The number of nitrogens with zero attached hydrogens (tertiary/aromatic N) is 4. The maximum atomic E-state index is 4.49. The predicted molar refractivity (Wildman–Crippen MR) is 73.2 cm³/mol. The zero-order chi connectivity index (χ0) is 13.1. The van der Waals surface area contributed by atoms with Crippen LogP contribution in [0.3, 0.4) is 0 Å². The van der Waals surface area contributed by atoms with Gasteiger partial charge in [0.2, 0.25) is 0 Å². The van der Waals surface area contributed by atoms with Crippen LogP contribution >= 0.6 is 0 Å². The van der Waals surface area contributed by atoms with Crippen molar-refractivity contribution >= 4 is 0 Å². The van der Waals surface area contributed by atoms with Crippen LogP contribution in [0.1, 0.15) is 36.8 Å². The first kappa shape index (κ1) is 12.3. The first-order chi connectivity index (χ1) is 9.38. The molecule has 0 aliphatic heterocycles. The second-order valence-corrected chi connectivity index (χ2v) is 4.88. The lowest BCUT2D eigenvalue weighted by atomic mass is 10.0. The average molecular weight is 257 g/mol. The molecule has 19 heavy (non-hydrogen) atoms. The molecule has 0 saturated heterocycles. The van der Waals surface area contributed by atoms with Gasteiger partial charge in [0.25, 0.3) is 0 Å². The first-order valence-electron chi connectivity index (χ1n) is 6.97. The molecule has 2 aromatic rings. The molecule has 0 fully saturated rings. The van der Waals surface area contributed by atoms with E-state index in [1.54, 1.807) is 0 Å². The highest BCUT2D eigenvalue weighted by molar-refractivity contribution is 5.29. The van der Waals surface area contributed by atoms with Crippen LogP contribution in [0.2, 0.25) is 0 Å². The van der Waals surface area contributed by atoms with Crippen molar-refractivity contribution in [3.63, 3.8) is 0 Å². The molecule has 0 bridgehead atoms. The Bertz CT molecular complexity index is 543. The number of rotatable bonds is 4. The number of hydrogen-bond donors (Lipinski definition) is 1. The zero-order valence-electron chi connectivity index (χ0n) is 11.3. The molecular formula is C14H19N5. The third-order valence-corrected chi connectivity index (χ3v) is 3.54. The minimum atomic E-state index is 0.770. The lowest BCUT2D eigenvalue weighted by Gasteiger charge is -2.13. The van der Waals surface area contributed by atoms with Crippen molar-refractivity contribution in [2.45, 2.75) is 39.2 Å². The Kier molecular flexibility index (Phi) is 3.55. The van der Waals surface area contributed by atoms with Crippen LogP contribution in [0.15, 0.2) is 18.5 Å². The van der Waals surface area contributed by atoms with E-state index < -0.39 is 0 Å². The molecule has 0 radical (unpaired) electrons. The zero-order valence-corrected chi connectivity index (χ0v) is 11.3. The van der Waals surface area contributed by atoms with Gasteiger partial charge in [0.15, 0.2) is 5.82 Å². The van der Waals surface area contributed by atoms with E-state index in [4.69, 9.17) is 0 Å². The van der Waals surface area contributed by atoms with Gasteiger partial charge in [0, 0.05) is 12.2 Å². The van der Waals surface area contributed by atoms with E-state index >= 15 is 0 Å². The van der Waals surface area contributed by atoms with Crippen LogP contribution in [0.25, 0.3) is 5.82 Å². The third kappa shape index (κ3) is 2.51. The molecule has 2 heterocycles. The fraction of sp³-hybridized carbons (Fsp3) is 0.500. The molecule has 3 rings (SSSR count). The Morgan fingerprint density at radius 1 is 1.21 bits per heavy atom. The van der Waals surface area contributed by atoms with Crippen LogP contribution in [0.5, 0.6) is 0 Å². The maximum Gasteiger partial charge on any atom is 0.160 e. The van der Waals surface area contributed by atoms with Gasteiger partial charge in [-0.25, -0.2) is 4.98 Å². The van der Waals surface area contributed by atoms with Crippen LogP contribution in [-0.2, 0) is 19.4 Å². The third-order valence-electron chi connectivity index (χ3n) is 3.54. The largest absolute Gasteiger partial charge is 0.311 e. The Balaban J connectivity index is 1.84. The Morgan fingerprint density at radius 2 is 2.11 bits per heavy atom. The lowest BCUT2D eigenvalue weighted by molar-refractivity contribution is 0.650. The van der Waals surface area contributed by atoms with E-state index in [9.17, 15) is 0 Å². The first-order valence-corrected chi connectivity index (χ1v) is 6.97. The summed E-state index contributed by atoms with van der Waals surface area (Å²) in [4.78, 5) is 4.49. The van der Waals surface area contributed by atoms with E-state index in [0.717, 1.165) is 37.4 Å². The van der Waals surface area contributed by atoms with Crippen molar-refractivity contribution in [1.29, 1.82) is 0 Å². The Morgan fingerprint density at radius 3 is 2.89 bits per heavy atom. The number of aromatic nitrogens is 4. The van der Waals surface area contributed by atoms with Crippen LogP contribution in [0.4, 0.5) is 0 Å². The normalized spacial score (nSPS) is 14.4. The molecule has 2 aromatic heterocycles. The van der Waals surface area contributed by atoms with Gasteiger partial charge in [0.1, 0.15) is 6.33 Å². The molecule has 0 spiro atoms. The number of fused-ring (bicyclic) bond motifs is 1. The molecule has 1 aliphatic rings. The van der Waals surface area contributed by atoms with E-state index in [-0.39, 0.29) is 0 Å². The molecule has 5 heteroatoms. The second kappa shape index (κ2) is 5.48. The van der Waals surface area contributed by atoms with Crippen LogP contribution in [0, 0.1) is 0 Å². The van der Waals surface area contributed by atoms with Crippen molar-refractivity contribution < 1.29 is 0 Å². The summed E-state index contributed by atoms with van der Waals surface area (Å²) >= 11 is 0. The predicted octanol–water partition coefficient (Wildman–Crippen LogP) is 1.65. The lowest BCUT2D eigenvalue weighted by Crippen LogP contribution is -2.14. The van der Waals surface area contributed by atoms with Crippen LogP contribution in [-0.4, -0.2) is 26.3 Å². The van der Waals surface area contributed by atoms with Crippen LogP contribution < -0.4 is 5.32 Å². The highest BCUT2D eigenvalue weighted by atomic mass is 15.2. The molecule has 0 unspecified atom stereocenters. The molecular weight excluding hydrogens is 238 g/mol. The van der Waals surface area contributed by atoms with Gasteiger partial charge < -0.3 is 5.32 Å². The fourth-order valence-corrected chi connectivity index (χ4v) is 2.50. The molecule has 0 aromatic carbocycles. The van der Waals surface area contributed by atoms with Crippen molar-refractivity contribution in [2.75, 3.05) is 6.54 Å². The van der Waals surface area contributed by atoms with Crippen molar-refractivity contribution in [1.82, 2.24) is 25.1 Å². The van der Waals surface area contributed by atoms with E-state index in [0.29, 0.717) is 0 Å². The van der Waals surface area contributed by atoms with Gasteiger partial charge in [-0.3, -0.25) is 4.57 Å². The number of imidazole rings is 1. The van der Waals surface area contributed by atoms with E-state index in [1.165, 1.54) is 24.2 Å². The molecule has 1 N–H and O–H groups in total. The molecule has 0 atom stereocenters. The molecule has 0 saturated carbocycles. The molecule has 100 valence electrons. The summed E-state index contributed by atoms with van der Waals surface area (Å²) in [6.45, 7) is 3.80. The Labute approximate surface area is 113 Å². The standard InChI is InChI=1S/C14H19N5/c1-2-15-9-11-7-8-14(18-17-11)19-10-16-12-5-3-4-6-13(12)19/h7-8,10,15H,2-6,9H2,1H3. The van der Waals surface area contributed by atoms with Gasteiger partial charge in [-0.05, 0) is 44.4 Å². The number of aryl methyl sites for hydroxylation is 1. The summed E-state index contributed by atoms with van der Waals surface area (Å²) in [5.41, 5.74) is 3.50. The van der Waals surface area contributed by atoms with E-state index in [1.807, 2.05) is 18.5 Å². The fourth-order valence-electron chi connectivity index (χ4n) is 2.50. The summed E-state index contributed by atoms with van der Waals surface area (Å²) in [5.74, 6) is 0.871. The summed E-state index contributed by atoms with van der Waals surface area (Å²) in [7, 11) is 0. The van der Waals surface area contributed by atoms with Crippen molar-refractivity contribution in [3.05, 3.63) is 35.5 Å². The average Bonchev–Trinajstić information content (AvgIpc) is 2.90. The van der Waals surface area contributed by atoms with Gasteiger partial charge in [-0.1, -0.05) is 6.92 Å². The topological polar surface area (TPSA) is 55.6 Å². The minimum absolute atomic E-state index is 0.770. The smallest absolute Gasteiger partial charge is 0.160 e. The summed E-state index contributed by atoms with van der Waals surface area (Å²) in [6, 6.07) is 4.05. The van der Waals surface area contributed by atoms with Gasteiger partial charge in [-0.2, -0.15) is 5.10 Å². The number of nitrogens with one attached hydrogen (secondary N) is 1. The Hall–Kier alpha value is -1.75. The monoisotopic (exact) mass is 257 g/mol. The molecule has 5 nitrogen and oxygen atoms in total. The SMILES string of the molecule is CCNCc1ccc(-n2cnc3c2CCCC3)nn1. The molecule has 1 aliphatic carbocycles. The number of hydrogen-bond acceptors (Lipinski definition) is 4.